The number of halogens is 3. The summed E-state index contributed by atoms with van der Waals surface area (Å²) in [6.45, 7) is 2.10. The van der Waals surface area contributed by atoms with Crippen molar-refractivity contribution in [3.05, 3.63) is 29.6 Å². The number of anilines is 1. The van der Waals surface area contributed by atoms with E-state index in [4.69, 9.17) is 0 Å². The second-order valence-electron chi connectivity index (χ2n) is 5.34. The lowest BCUT2D eigenvalue weighted by molar-refractivity contribution is -0.120. The van der Waals surface area contributed by atoms with Crippen molar-refractivity contribution in [1.29, 1.82) is 0 Å². The van der Waals surface area contributed by atoms with E-state index in [9.17, 15) is 26.4 Å². The molecule has 136 valence electrons. The van der Waals surface area contributed by atoms with E-state index in [1.165, 1.54) is 0 Å². The van der Waals surface area contributed by atoms with E-state index in [0.29, 0.717) is 16.9 Å². The summed E-state index contributed by atoms with van der Waals surface area (Å²) in [6, 6.07) is 1.46. The highest BCUT2D eigenvalue weighted by Crippen LogP contribution is 2.25. The summed E-state index contributed by atoms with van der Waals surface area (Å²) >= 11 is 0. The summed E-state index contributed by atoms with van der Waals surface area (Å²) in [5.74, 6) is -5.19. The van der Waals surface area contributed by atoms with Crippen LogP contribution in [0.3, 0.4) is 0 Å². The van der Waals surface area contributed by atoms with Gasteiger partial charge in [-0.25, -0.2) is 21.6 Å². The Kier molecular flexibility index (Phi) is 7.53. The summed E-state index contributed by atoms with van der Waals surface area (Å²) < 4.78 is 64.3. The van der Waals surface area contributed by atoms with Crippen molar-refractivity contribution in [2.45, 2.75) is 32.6 Å². The van der Waals surface area contributed by atoms with Crippen molar-refractivity contribution < 1.29 is 26.4 Å². The van der Waals surface area contributed by atoms with E-state index in [0.717, 1.165) is 31.6 Å². The Balaban J connectivity index is 2.82. The minimum atomic E-state index is -3.97. The highest BCUT2D eigenvalue weighted by molar-refractivity contribution is 7.92. The third-order valence-electron chi connectivity index (χ3n) is 3.33. The van der Waals surface area contributed by atoms with Crippen LogP contribution >= 0.6 is 0 Å². The molecule has 24 heavy (non-hydrogen) atoms. The number of benzene rings is 1. The Morgan fingerprint density at radius 3 is 2.42 bits per heavy atom. The maximum absolute atomic E-state index is 13.8. The fourth-order valence-electron chi connectivity index (χ4n) is 2.07. The van der Waals surface area contributed by atoms with Gasteiger partial charge in [0.1, 0.15) is 0 Å². The molecular formula is C15H21F3N2O3S. The molecule has 0 aliphatic heterocycles. The van der Waals surface area contributed by atoms with Crippen molar-refractivity contribution in [3.8, 4) is 0 Å². The normalized spacial score (nSPS) is 11.4. The summed E-state index contributed by atoms with van der Waals surface area (Å²) in [6.07, 6.45) is 3.32. The monoisotopic (exact) mass is 366 g/mol. The van der Waals surface area contributed by atoms with Crippen molar-refractivity contribution in [2.75, 3.05) is 23.7 Å². The van der Waals surface area contributed by atoms with Crippen LogP contribution in [0.15, 0.2) is 12.1 Å². The van der Waals surface area contributed by atoms with Crippen LogP contribution in [0, 0.1) is 17.5 Å². The van der Waals surface area contributed by atoms with E-state index < -0.39 is 39.1 Å². The second kappa shape index (κ2) is 8.91. The van der Waals surface area contributed by atoms with Gasteiger partial charge in [-0.2, -0.15) is 0 Å². The number of unbranched alkanes of at least 4 members (excludes halogenated alkanes) is 2. The number of sulfonamides is 1. The topological polar surface area (TPSA) is 66.5 Å². The van der Waals surface area contributed by atoms with Gasteiger partial charge in [-0.05, 0) is 18.6 Å². The maximum atomic E-state index is 13.8. The predicted octanol–water partition coefficient (Wildman–Crippen LogP) is 2.57. The molecule has 0 radical (unpaired) electrons. The van der Waals surface area contributed by atoms with Crippen LogP contribution in [-0.2, 0) is 14.8 Å². The first-order valence-corrected chi connectivity index (χ1v) is 9.41. The van der Waals surface area contributed by atoms with Crippen LogP contribution in [0.1, 0.15) is 32.6 Å². The van der Waals surface area contributed by atoms with Gasteiger partial charge in [0.25, 0.3) is 0 Å². The number of amides is 1. The zero-order chi connectivity index (χ0) is 18.3. The molecule has 0 spiro atoms. The molecule has 1 rings (SSSR count). The summed E-state index contributed by atoms with van der Waals surface area (Å²) in [5, 5.41) is 2.62. The Bertz CT molecular complexity index is 681. The predicted molar refractivity (Wildman–Crippen MR) is 85.7 cm³/mol. The number of nitrogens with one attached hydrogen (secondary N) is 1. The van der Waals surface area contributed by atoms with Crippen molar-refractivity contribution in [1.82, 2.24) is 5.32 Å². The van der Waals surface area contributed by atoms with Gasteiger partial charge < -0.3 is 5.32 Å². The van der Waals surface area contributed by atoms with Crippen LogP contribution in [0.2, 0.25) is 0 Å². The molecule has 1 N–H and O–H groups in total. The zero-order valence-electron chi connectivity index (χ0n) is 13.6. The third kappa shape index (κ3) is 5.70. The van der Waals surface area contributed by atoms with Gasteiger partial charge in [-0.3, -0.25) is 9.10 Å². The molecule has 1 amide bonds. The fraction of sp³-hybridized carbons (Fsp3) is 0.533. The third-order valence-corrected chi connectivity index (χ3v) is 4.51. The Morgan fingerprint density at radius 1 is 1.17 bits per heavy atom. The maximum Gasteiger partial charge on any atom is 0.232 e. The van der Waals surface area contributed by atoms with Crippen LogP contribution < -0.4 is 9.62 Å². The molecule has 1 aromatic carbocycles. The van der Waals surface area contributed by atoms with E-state index in [1.54, 1.807) is 0 Å². The van der Waals surface area contributed by atoms with E-state index in [-0.39, 0.29) is 13.0 Å². The smallest absolute Gasteiger partial charge is 0.232 e. The number of hydrogen-bond donors (Lipinski definition) is 1. The number of carbonyl (C=O) groups is 1. The molecule has 0 bridgehead atoms. The van der Waals surface area contributed by atoms with Crippen LogP contribution in [0.5, 0.6) is 0 Å². The fourth-order valence-corrected chi connectivity index (χ4v) is 2.99. The lowest BCUT2D eigenvalue weighted by atomic mass is 10.2. The second-order valence-corrected chi connectivity index (χ2v) is 7.24. The average Bonchev–Trinajstić information content (AvgIpc) is 2.50. The molecule has 0 unspecified atom stereocenters. The number of hydrogen-bond acceptors (Lipinski definition) is 3. The quantitative estimate of drug-likeness (QED) is 0.540. The molecule has 0 atom stereocenters. The van der Waals surface area contributed by atoms with Gasteiger partial charge in [0, 0.05) is 19.5 Å². The molecule has 5 nitrogen and oxygen atoms in total. The van der Waals surface area contributed by atoms with Gasteiger partial charge in [0.2, 0.25) is 15.9 Å². The number of carbonyl (C=O) groups excluding carboxylic acids is 1. The Labute approximate surface area is 139 Å². The van der Waals surface area contributed by atoms with E-state index in [2.05, 4.69) is 5.32 Å². The van der Waals surface area contributed by atoms with Crippen molar-refractivity contribution >= 4 is 21.6 Å². The van der Waals surface area contributed by atoms with Gasteiger partial charge in [0.15, 0.2) is 17.5 Å². The van der Waals surface area contributed by atoms with E-state index >= 15 is 0 Å². The molecule has 0 aliphatic carbocycles. The zero-order valence-corrected chi connectivity index (χ0v) is 14.4. The standard InChI is InChI=1S/C15H21F3N2O3S/c1-3-4-5-9-19-13(21)8-10-20(24(2,22)23)12-7-6-11(16)14(17)15(12)18/h6-7H,3-5,8-10H2,1-2H3,(H,19,21). The average molecular weight is 366 g/mol. The van der Waals surface area contributed by atoms with Crippen molar-refractivity contribution in [3.63, 3.8) is 0 Å². The molecule has 0 aromatic heterocycles. The van der Waals surface area contributed by atoms with Gasteiger partial charge in [-0.15, -0.1) is 0 Å². The summed E-state index contributed by atoms with van der Waals surface area (Å²) in [5.41, 5.74) is -0.629. The first kappa shape index (κ1) is 20.3. The molecule has 0 fully saturated rings. The minimum absolute atomic E-state index is 0.225. The van der Waals surface area contributed by atoms with Gasteiger partial charge in [0.05, 0.1) is 11.9 Å². The Hall–Kier alpha value is -1.77. The molecular weight excluding hydrogens is 345 g/mol. The number of nitrogens with zero attached hydrogens (tertiary/aromatic N) is 1. The largest absolute Gasteiger partial charge is 0.356 e. The SMILES string of the molecule is CCCCCNC(=O)CCN(c1ccc(F)c(F)c1F)S(C)(=O)=O. The molecule has 0 heterocycles. The Morgan fingerprint density at radius 2 is 1.83 bits per heavy atom. The van der Waals surface area contributed by atoms with Gasteiger partial charge >= 0.3 is 0 Å². The highest BCUT2D eigenvalue weighted by Gasteiger charge is 2.25. The van der Waals surface area contributed by atoms with E-state index in [1.807, 2.05) is 6.92 Å². The number of rotatable bonds is 9. The molecule has 0 saturated carbocycles. The van der Waals surface area contributed by atoms with Crippen LogP contribution in [0.25, 0.3) is 0 Å². The summed E-state index contributed by atoms with van der Waals surface area (Å²) in [7, 11) is -3.97. The molecule has 9 heteroatoms. The molecule has 1 aromatic rings. The minimum Gasteiger partial charge on any atom is -0.356 e. The lowest BCUT2D eigenvalue weighted by Crippen LogP contribution is -2.35. The lowest BCUT2D eigenvalue weighted by Gasteiger charge is -2.22. The van der Waals surface area contributed by atoms with Gasteiger partial charge in [-0.1, -0.05) is 19.8 Å². The molecule has 0 aliphatic rings. The first-order chi connectivity index (χ1) is 11.2. The summed E-state index contributed by atoms with van der Waals surface area (Å²) in [4.78, 5) is 11.7. The molecule has 0 saturated heterocycles. The highest BCUT2D eigenvalue weighted by atomic mass is 32.2. The van der Waals surface area contributed by atoms with Crippen LogP contribution in [0.4, 0.5) is 18.9 Å². The van der Waals surface area contributed by atoms with Crippen molar-refractivity contribution in [2.24, 2.45) is 0 Å². The van der Waals surface area contributed by atoms with Crippen LogP contribution in [-0.4, -0.2) is 33.7 Å². The first-order valence-electron chi connectivity index (χ1n) is 7.56.